The van der Waals surface area contributed by atoms with Gasteiger partial charge in [-0.15, -0.1) is 15.3 Å². The zero-order valence-corrected chi connectivity index (χ0v) is 48.1. The Bertz CT molecular complexity index is 3830. The molecule has 0 fully saturated rings. The van der Waals surface area contributed by atoms with E-state index in [1.807, 2.05) is 104 Å². The number of esters is 1. The fourth-order valence-electron chi connectivity index (χ4n) is 12.3. The Morgan fingerprint density at radius 1 is 0.646 bits per heavy atom. The lowest BCUT2D eigenvalue weighted by molar-refractivity contribution is -0.401. The molecule has 0 aromatic heterocycles. The highest BCUT2D eigenvalue weighted by Crippen LogP contribution is 2.48. The largest absolute Gasteiger partial charge is 0.461 e. The molecule has 0 bridgehead atoms. The number of likely N-dealkylation sites (N-methyl/N-ethyl adjacent to an activating group) is 1. The topological polar surface area (TPSA) is 147 Å². The van der Waals surface area contributed by atoms with Gasteiger partial charge in [-0.25, -0.2) is 0 Å². The minimum Gasteiger partial charge on any atom is -0.461 e. The number of carbonyl (C=O) groups excluding carboxylic acids is 2. The van der Waals surface area contributed by atoms with Gasteiger partial charge in [0.25, 0.3) is 0 Å². The van der Waals surface area contributed by atoms with Gasteiger partial charge in [0.05, 0.1) is 34.6 Å². The van der Waals surface area contributed by atoms with E-state index < -0.39 is 11.6 Å². The molecule has 0 saturated carbocycles. The summed E-state index contributed by atoms with van der Waals surface area (Å²) in [5.41, 5.74) is 15.2. The minimum absolute atomic E-state index is 0.0210. The number of hydrogen-bond donors (Lipinski definition) is 4. The molecule has 4 N–H and O–H groups in total. The lowest BCUT2D eigenvalue weighted by Crippen LogP contribution is -2.49. The number of hydrogen-bond acceptors (Lipinski definition) is 11. The molecule has 3 heterocycles. The molecular formula is C69H73N10O3+. The number of rotatable bonds is 18. The van der Waals surface area contributed by atoms with Crippen molar-refractivity contribution in [3.8, 4) is 0 Å². The third kappa shape index (κ3) is 11.2. The van der Waals surface area contributed by atoms with E-state index in [0.29, 0.717) is 12.2 Å². The molecule has 416 valence electrons. The third-order valence-electron chi connectivity index (χ3n) is 16.6. The van der Waals surface area contributed by atoms with Crippen LogP contribution in [0.3, 0.4) is 0 Å². The van der Waals surface area contributed by atoms with Crippen LogP contribution in [-0.2, 0) is 25.2 Å². The Hall–Kier alpha value is -8.97. The van der Waals surface area contributed by atoms with Gasteiger partial charge in [0.2, 0.25) is 11.6 Å². The van der Waals surface area contributed by atoms with Gasteiger partial charge in [0.15, 0.2) is 5.71 Å². The van der Waals surface area contributed by atoms with Gasteiger partial charge in [0, 0.05) is 99.7 Å². The number of unbranched alkanes of at least 4 members (excludes halogenated alkanes) is 1. The van der Waals surface area contributed by atoms with Gasteiger partial charge in [-0.2, -0.15) is 9.69 Å². The summed E-state index contributed by atoms with van der Waals surface area (Å²) >= 11 is 0. The third-order valence-corrected chi connectivity index (χ3v) is 16.6. The van der Waals surface area contributed by atoms with Gasteiger partial charge in [-0.3, -0.25) is 9.59 Å². The van der Waals surface area contributed by atoms with Crippen molar-refractivity contribution in [3.05, 3.63) is 204 Å². The van der Waals surface area contributed by atoms with E-state index in [9.17, 15) is 9.59 Å². The molecule has 7 aromatic carbocycles. The molecule has 1 aliphatic carbocycles. The molecule has 11 rings (SSSR count). The van der Waals surface area contributed by atoms with Gasteiger partial charge < -0.3 is 30.9 Å². The first kappa shape index (κ1) is 55.0. The molecule has 0 spiro atoms. The van der Waals surface area contributed by atoms with Crippen LogP contribution in [-0.4, -0.2) is 61.6 Å². The number of azo groups is 2. The van der Waals surface area contributed by atoms with Crippen molar-refractivity contribution in [2.75, 3.05) is 49.3 Å². The fourth-order valence-corrected chi connectivity index (χ4v) is 12.3. The van der Waals surface area contributed by atoms with E-state index >= 15 is 0 Å². The first-order chi connectivity index (χ1) is 39.7. The van der Waals surface area contributed by atoms with Gasteiger partial charge in [-0.05, 0) is 124 Å². The van der Waals surface area contributed by atoms with Crippen LogP contribution >= 0.6 is 0 Å². The number of nitrogens with one attached hydrogen (secondary N) is 4. The normalized spacial score (nSPS) is 18.9. The van der Waals surface area contributed by atoms with E-state index in [0.717, 1.165) is 88.6 Å². The molecule has 13 heteroatoms. The summed E-state index contributed by atoms with van der Waals surface area (Å²) in [4.78, 5) is 28.5. The molecule has 3 aliphatic heterocycles. The summed E-state index contributed by atoms with van der Waals surface area (Å²) in [7, 11) is 4.35. The highest BCUT2D eigenvalue weighted by molar-refractivity contribution is 6.10. The quantitative estimate of drug-likeness (QED) is 0.0290. The molecule has 1 unspecified atom stereocenters. The van der Waals surface area contributed by atoms with Crippen LogP contribution in [0.5, 0.6) is 0 Å². The SMILES string of the molecule is CN1/C(=C/C=C2\CCCC(/C=C/C3=[N+](C)c4ccccc4C3(C)C)=C2NCCCCNC(=O)CCC(=O)OCC2(C)Nc3cccc4c(/N=N/c5ccc(/N=N/c6ccccc6)c6ccccc56)ccc(c34)N2)C(C)(C)c2ccccc21. The summed E-state index contributed by atoms with van der Waals surface area (Å²) in [6.07, 6.45) is 14.1. The monoisotopic (exact) mass is 1090 g/mol. The second-order valence-corrected chi connectivity index (χ2v) is 23.1. The van der Waals surface area contributed by atoms with Crippen LogP contribution in [0.2, 0.25) is 0 Å². The maximum atomic E-state index is 13.1. The molecular weight excluding hydrogens is 1020 g/mol. The number of benzene rings is 7. The standard InChI is InChI=1S/C69H72N10O3/c1-67(2)52-28-13-15-31-59(52)78(6)61(67)39-33-46-21-19-22-47(34-40-62-68(3,4)53-29-14-16-32-60(53)79(62)7)66(46)71-44-18-17-43-70-63(80)41-42-64(81)82-45-69(5)72-57-30-20-27-51-56(37-38-58(73-69)65(51)57)77-76-55-36-35-54(49-25-11-12-26-50(49)55)75-74-48-23-9-8-10-24-48/h8-16,20,23-40H,17-19,21-22,41-45H2,1-7H3,(H3,70,72,73,74,76,80)/p+1/b46-33+,61-39+. The molecule has 4 aliphatic rings. The Morgan fingerprint density at radius 2 is 1.28 bits per heavy atom. The van der Waals surface area contributed by atoms with Crippen molar-refractivity contribution in [1.82, 2.24) is 10.6 Å². The van der Waals surface area contributed by atoms with E-state index in [4.69, 9.17) is 15.0 Å². The van der Waals surface area contributed by atoms with E-state index in [1.54, 1.807) is 0 Å². The van der Waals surface area contributed by atoms with Crippen LogP contribution in [0.15, 0.2) is 213 Å². The molecule has 7 aromatic rings. The lowest BCUT2D eigenvalue weighted by Gasteiger charge is -2.38. The summed E-state index contributed by atoms with van der Waals surface area (Å²) in [5, 5.41) is 36.2. The van der Waals surface area contributed by atoms with Crippen molar-refractivity contribution in [3.63, 3.8) is 0 Å². The second kappa shape index (κ2) is 23.2. The molecule has 82 heavy (non-hydrogen) atoms. The molecule has 1 amide bonds. The van der Waals surface area contributed by atoms with Crippen molar-refractivity contribution >= 4 is 84.6 Å². The van der Waals surface area contributed by atoms with Crippen LogP contribution in [0, 0.1) is 0 Å². The Labute approximate surface area is 481 Å². The molecule has 1 atom stereocenters. The summed E-state index contributed by atoms with van der Waals surface area (Å²) in [6.45, 7) is 12.5. The highest BCUT2D eigenvalue weighted by atomic mass is 16.5. The summed E-state index contributed by atoms with van der Waals surface area (Å²) in [5.74, 6) is -0.608. The zero-order valence-electron chi connectivity index (χ0n) is 48.1. The van der Waals surface area contributed by atoms with Crippen LogP contribution < -0.4 is 26.2 Å². The van der Waals surface area contributed by atoms with Crippen molar-refractivity contribution in [2.45, 2.75) is 96.1 Å². The first-order valence-corrected chi connectivity index (χ1v) is 28.7. The zero-order chi connectivity index (χ0) is 57.0. The Kier molecular flexibility index (Phi) is 15.6. The second-order valence-electron chi connectivity index (χ2n) is 23.1. The van der Waals surface area contributed by atoms with Gasteiger partial charge in [0.1, 0.15) is 19.3 Å². The van der Waals surface area contributed by atoms with Crippen molar-refractivity contribution in [2.24, 2.45) is 20.5 Å². The smallest absolute Gasteiger partial charge is 0.306 e. The Morgan fingerprint density at radius 3 is 2.02 bits per heavy atom. The summed E-state index contributed by atoms with van der Waals surface area (Å²) < 4.78 is 8.14. The molecule has 0 saturated heterocycles. The van der Waals surface area contributed by atoms with E-state index in [1.165, 1.54) is 50.8 Å². The summed E-state index contributed by atoms with van der Waals surface area (Å²) in [6, 6.07) is 48.8. The number of fused-ring (bicyclic) bond motifs is 3. The number of ether oxygens (including phenoxy) is 1. The van der Waals surface area contributed by atoms with Crippen LogP contribution in [0.4, 0.5) is 45.5 Å². The predicted octanol–water partition coefficient (Wildman–Crippen LogP) is 16.1. The van der Waals surface area contributed by atoms with E-state index in [-0.39, 0.29) is 36.2 Å². The number of amides is 1. The first-order valence-electron chi connectivity index (χ1n) is 28.7. The van der Waals surface area contributed by atoms with Crippen molar-refractivity contribution in [1.29, 1.82) is 0 Å². The maximum Gasteiger partial charge on any atom is 0.306 e. The Balaban J connectivity index is 0.675. The number of para-hydroxylation sites is 2. The average molecular weight is 1090 g/mol. The maximum absolute atomic E-state index is 13.1. The fraction of sp³-hybridized carbons (Fsp3) is 0.290. The molecule has 0 radical (unpaired) electrons. The van der Waals surface area contributed by atoms with Crippen molar-refractivity contribution < 1.29 is 18.9 Å². The van der Waals surface area contributed by atoms with Crippen LogP contribution in [0.25, 0.3) is 21.5 Å². The lowest BCUT2D eigenvalue weighted by atomic mass is 9.81. The number of anilines is 3. The molecule has 13 nitrogen and oxygen atoms in total. The minimum atomic E-state index is -0.807. The highest BCUT2D eigenvalue weighted by Gasteiger charge is 2.43. The van der Waals surface area contributed by atoms with Gasteiger partial charge >= 0.3 is 5.97 Å². The average Bonchev–Trinajstić information content (AvgIpc) is 3.99. The van der Waals surface area contributed by atoms with Gasteiger partial charge in [-0.1, -0.05) is 117 Å². The number of carbonyl (C=O) groups is 2. The number of allylic oxidation sites excluding steroid dienone is 7. The number of nitrogens with zero attached hydrogens (tertiary/aromatic N) is 6. The van der Waals surface area contributed by atoms with Crippen LogP contribution in [0.1, 0.15) is 90.7 Å². The van der Waals surface area contributed by atoms with E-state index in [2.05, 4.69) is 156 Å². The predicted molar refractivity (Wildman–Crippen MR) is 333 cm³/mol.